The quantitative estimate of drug-likeness (QED) is 0.911. The second-order valence-electron chi connectivity index (χ2n) is 5.14. The van der Waals surface area contributed by atoms with E-state index in [0.717, 1.165) is 0 Å². The Morgan fingerprint density at radius 3 is 2.41 bits per heavy atom. The van der Waals surface area contributed by atoms with Crippen LogP contribution in [0, 0.1) is 0 Å². The van der Waals surface area contributed by atoms with Gasteiger partial charge in [0, 0.05) is 43.7 Å². The van der Waals surface area contributed by atoms with E-state index in [1.807, 2.05) is 4.90 Å². The van der Waals surface area contributed by atoms with Crippen molar-refractivity contribution in [2.24, 2.45) is 0 Å². The molecule has 1 aromatic carbocycles. The average Bonchev–Trinajstić information content (AvgIpc) is 2.49. The second-order valence-corrected chi connectivity index (χ2v) is 5.55. The molecule has 1 N–H and O–H groups in total. The molecule has 0 aliphatic carbocycles. The molecular weight excluding hydrogens is 308 g/mol. The number of benzene rings is 1. The highest BCUT2D eigenvalue weighted by atomic mass is 35.5. The molecule has 1 fully saturated rings. The maximum atomic E-state index is 11.8. The van der Waals surface area contributed by atoms with Crippen LogP contribution >= 0.6 is 11.6 Å². The van der Waals surface area contributed by atoms with Crippen molar-refractivity contribution in [3.05, 3.63) is 28.8 Å². The number of aliphatic carboxylic acids is 1. The van der Waals surface area contributed by atoms with Crippen LogP contribution in [-0.4, -0.2) is 60.1 Å². The minimum Gasteiger partial charge on any atom is -0.496 e. The molecule has 2 rings (SSSR count). The lowest BCUT2D eigenvalue weighted by Crippen LogP contribution is -2.50. The Kier molecular flexibility index (Phi) is 5.26. The second kappa shape index (κ2) is 6.98. The normalized spacial score (nSPS) is 17.1. The summed E-state index contributed by atoms with van der Waals surface area (Å²) in [5.41, 5.74) is 0.454. The Morgan fingerprint density at radius 1 is 1.27 bits per heavy atom. The van der Waals surface area contributed by atoms with Gasteiger partial charge >= 0.3 is 5.97 Å². The molecule has 1 saturated heterocycles. The molecule has 120 valence electrons. The van der Waals surface area contributed by atoms with Crippen LogP contribution in [0.2, 0.25) is 5.02 Å². The van der Waals surface area contributed by atoms with Gasteiger partial charge < -0.3 is 14.7 Å². The summed E-state index contributed by atoms with van der Waals surface area (Å²) in [4.78, 5) is 26.7. The van der Waals surface area contributed by atoms with Crippen molar-refractivity contribution >= 4 is 23.5 Å². The lowest BCUT2D eigenvalue weighted by molar-refractivity contribution is -0.145. The van der Waals surface area contributed by atoms with Crippen LogP contribution in [0.5, 0.6) is 5.75 Å². The summed E-state index contributed by atoms with van der Waals surface area (Å²) in [6, 6.07) is 4.18. The van der Waals surface area contributed by atoms with E-state index in [1.54, 1.807) is 23.1 Å². The molecule has 1 aliphatic rings. The number of halogens is 1. The molecule has 0 bridgehead atoms. The number of rotatable bonds is 4. The Bertz CT molecular complexity index is 571. The third-order valence-corrected chi connectivity index (χ3v) is 4.19. The fourth-order valence-corrected chi connectivity index (χ4v) is 2.99. The molecule has 0 radical (unpaired) electrons. The fourth-order valence-electron chi connectivity index (χ4n) is 2.72. The smallest absolute Gasteiger partial charge is 0.325 e. The zero-order chi connectivity index (χ0) is 16.3. The average molecular weight is 327 g/mol. The van der Waals surface area contributed by atoms with E-state index in [4.69, 9.17) is 16.3 Å². The van der Waals surface area contributed by atoms with E-state index < -0.39 is 12.0 Å². The van der Waals surface area contributed by atoms with Gasteiger partial charge in [-0.05, 0) is 12.1 Å². The number of amides is 1. The van der Waals surface area contributed by atoms with Crippen molar-refractivity contribution in [1.82, 2.24) is 9.80 Å². The summed E-state index contributed by atoms with van der Waals surface area (Å²) < 4.78 is 5.27. The molecular formula is C15H19ClN2O4. The monoisotopic (exact) mass is 326 g/mol. The maximum absolute atomic E-state index is 11.8. The Hall–Kier alpha value is -1.79. The SMILES string of the molecule is COc1cccc(Cl)c1[C@@H](C(=O)O)N1CCN(C(C)=O)CC1. The van der Waals surface area contributed by atoms with Crippen LogP contribution in [0.4, 0.5) is 0 Å². The first kappa shape index (κ1) is 16.6. The van der Waals surface area contributed by atoms with Gasteiger partial charge in [0.1, 0.15) is 11.8 Å². The standard InChI is InChI=1S/C15H19ClN2O4/c1-10(19)17-6-8-18(9-7-17)14(15(20)21)13-11(16)4-3-5-12(13)22-2/h3-5,14H,6-9H2,1-2H3,(H,20,21)/t14-/m0/s1. The third kappa shape index (κ3) is 3.34. The molecule has 1 heterocycles. The minimum absolute atomic E-state index is 0.00171. The number of carboxylic acids is 1. The van der Waals surface area contributed by atoms with E-state index in [9.17, 15) is 14.7 Å². The van der Waals surface area contributed by atoms with Crippen molar-refractivity contribution in [3.63, 3.8) is 0 Å². The minimum atomic E-state index is -0.984. The van der Waals surface area contributed by atoms with Gasteiger partial charge in [0.05, 0.1) is 7.11 Å². The van der Waals surface area contributed by atoms with Gasteiger partial charge in [-0.2, -0.15) is 0 Å². The number of piperazine rings is 1. The Balaban J connectivity index is 2.29. The summed E-state index contributed by atoms with van der Waals surface area (Å²) in [5.74, 6) is -0.529. The zero-order valence-corrected chi connectivity index (χ0v) is 13.3. The molecule has 0 spiro atoms. The molecule has 0 aromatic heterocycles. The van der Waals surface area contributed by atoms with Crippen molar-refractivity contribution in [1.29, 1.82) is 0 Å². The highest BCUT2D eigenvalue weighted by Crippen LogP contribution is 2.36. The van der Waals surface area contributed by atoms with Gasteiger partial charge in [0.25, 0.3) is 0 Å². The molecule has 22 heavy (non-hydrogen) atoms. The number of methoxy groups -OCH3 is 1. The zero-order valence-electron chi connectivity index (χ0n) is 12.6. The molecule has 0 saturated carbocycles. The molecule has 6 nitrogen and oxygen atoms in total. The Labute approximate surface area is 134 Å². The number of hydrogen-bond donors (Lipinski definition) is 1. The van der Waals surface area contributed by atoms with Crippen LogP contribution in [0.3, 0.4) is 0 Å². The number of carbonyl (C=O) groups is 2. The van der Waals surface area contributed by atoms with Crippen LogP contribution in [-0.2, 0) is 9.59 Å². The predicted octanol–water partition coefficient (Wildman–Crippen LogP) is 1.64. The van der Waals surface area contributed by atoms with Crippen molar-refractivity contribution in [3.8, 4) is 5.75 Å². The topological polar surface area (TPSA) is 70.1 Å². The number of nitrogens with zero attached hydrogens (tertiary/aromatic N) is 2. The Morgan fingerprint density at radius 2 is 1.91 bits per heavy atom. The summed E-state index contributed by atoms with van der Waals surface area (Å²) >= 11 is 6.21. The summed E-state index contributed by atoms with van der Waals surface area (Å²) in [6.45, 7) is 3.48. The van der Waals surface area contributed by atoms with E-state index >= 15 is 0 Å². The molecule has 1 amide bonds. The fraction of sp³-hybridized carbons (Fsp3) is 0.467. The molecule has 1 atom stereocenters. The van der Waals surface area contributed by atoms with Crippen LogP contribution in [0.1, 0.15) is 18.5 Å². The van der Waals surface area contributed by atoms with Gasteiger partial charge in [-0.25, -0.2) is 0 Å². The predicted molar refractivity (Wildman–Crippen MR) is 82.2 cm³/mol. The highest BCUT2D eigenvalue weighted by Gasteiger charge is 2.34. The van der Waals surface area contributed by atoms with Gasteiger partial charge in [-0.1, -0.05) is 17.7 Å². The van der Waals surface area contributed by atoms with Crippen LogP contribution in [0.15, 0.2) is 18.2 Å². The first-order valence-electron chi connectivity index (χ1n) is 7.00. The van der Waals surface area contributed by atoms with Crippen molar-refractivity contribution in [2.75, 3.05) is 33.3 Å². The number of hydrogen-bond acceptors (Lipinski definition) is 4. The molecule has 1 aromatic rings. The first-order chi connectivity index (χ1) is 10.5. The number of carboxylic acid groups (broad SMARTS) is 1. The van der Waals surface area contributed by atoms with Gasteiger partial charge in [-0.15, -0.1) is 0 Å². The lowest BCUT2D eigenvalue weighted by atomic mass is 10.0. The lowest BCUT2D eigenvalue weighted by Gasteiger charge is -2.37. The van der Waals surface area contributed by atoms with Crippen molar-refractivity contribution < 1.29 is 19.4 Å². The highest BCUT2D eigenvalue weighted by molar-refractivity contribution is 6.31. The number of ether oxygens (including phenoxy) is 1. The first-order valence-corrected chi connectivity index (χ1v) is 7.38. The van der Waals surface area contributed by atoms with E-state index in [2.05, 4.69) is 0 Å². The summed E-state index contributed by atoms with van der Waals surface area (Å²) in [7, 11) is 1.49. The third-order valence-electron chi connectivity index (χ3n) is 3.86. The van der Waals surface area contributed by atoms with Crippen LogP contribution in [0.25, 0.3) is 0 Å². The van der Waals surface area contributed by atoms with E-state index in [-0.39, 0.29) is 5.91 Å². The molecule has 0 unspecified atom stereocenters. The van der Waals surface area contributed by atoms with E-state index in [1.165, 1.54) is 14.0 Å². The molecule has 1 aliphatic heterocycles. The summed E-state index contributed by atoms with van der Waals surface area (Å²) in [6.07, 6.45) is 0. The molecule has 7 heteroatoms. The van der Waals surface area contributed by atoms with Gasteiger partial charge in [0.15, 0.2) is 0 Å². The number of carbonyl (C=O) groups excluding carboxylic acids is 1. The van der Waals surface area contributed by atoms with Gasteiger partial charge in [0.2, 0.25) is 5.91 Å². The van der Waals surface area contributed by atoms with E-state index in [0.29, 0.717) is 42.5 Å². The van der Waals surface area contributed by atoms with Crippen LogP contribution < -0.4 is 4.74 Å². The van der Waals surface area contributed by atoms with Gasteiger partial charge in [-0.3, -0.25) is 14.5 Å². The maximum Gasteiger partial charge on any atom is 0.325 e. The largest absolute Gasteiger partial charge is 0.496 e. The summed E-state index contributed by atoms with van der Waals surface area (Å²) in [5, 5.41) is 10.0. The van der Waals surface area contributed by atoms with Crippen molar-refractivity contribution in [2.45, 2.75) is 13.0 Å².